The molecule has 0 heterocycles. The van der Waals surface area contributed by atoms with Gasteiger partial charge in [0.05, 0.1) is 0 Å². The van der Waals surface area contributed by atoms with Gasteiger partial charge in [0.2, 0.25) is 0 Å². The molecule has 6 heteroatoms. The summed E-state index contributed by atoms with van der Waals surface area (Å²) in [4.78, 5) is 38.2. The lowest BCUT2D eigenvalue weighted by Gasteiger charge is -2.18. The molecule has 6 nitrogen and oxygen atoms in total. The van der Waals surface area contributed by atoms with Crippen molar-refractivity contribution in [1.29, 1.82) is 0 Å². The maximum absolute atomic E-state index is 12.9. The van der Waals surface area contributed by atoms with Gasteiger partial charge >= 0.3 is 17.9 Å². The van der Waals surface area contributed by atoms with Gasteiger partial charge in [-0.3, -0.25) is 14.4 Å². The molecule has 1 atom stereocenters. The van der Waals surface area contributed by atoms with Gasteiger partial charge in [0, 0.05) is 19.3 Å². The van der Waals surface area contributed by atoms with Crippen molar-refractivity contribution in [3.63, 3.8) is 0 Å². The molecular weight excluding hydrogens is 853 g/mol. The van der Waals surface area contributed by atoms with Gasteiger partial charge in [-0.05, 0) is 96.3 Å². The third-order valence-electron chi connectivity index (χ3n) is 12.4. The lowest BCUT2D eigenvalue weighted by atomic mass is 10.0. The van der Waals surface area contributed by atoms with Gasteiger partial charge in [-0.2, -0.15) is 0 Å². The van der Waals surface area contributed by atoms with Crippen molar-refractivity contribution in [2.45, 2.75) is 284 Å². The van der Waals surface area contributed by atoms with E-state index in [0.29, 0.717) is 19.3 Å². The molecule has 0 N–H and O–H groups in total. The average Bonchev–Trinajstić information content (AvgIpc) is 3.35. The monoisotopic (exact) mass is 961 g/mol. The lowest BCUT2D eigenvalue weighted by molar-refractivity contribution is -0.167. The zero-order chi connectivity index (χ0) is 50.0. The second kappa shape index (κ2) is 57.2. The van der Waals surface area contributed by atoms with Crippen LogP contribution in [0.4, 0.5) is 0 Å². The van der Waals surface area contributed by atoms with Crippen molar-refractivity contribution < 1.29 is 28.6 Å². The van der Waals surface area contributed by atoms with Gasteiger partial charge < -0.3 is 14.2 Å². The highest BCUT2D eigenvalue weighted by Crippen LogP contribution is 2.16. The van der Waals surface area contributed by atoms with Crippen molar-refractivity contribution >= 4 is 17.9 Å². The minimum Gasteiger partial charge on any atom is -0.462 e. The number of unbranched alkanes of at least 4 members (excludes halogenated alkanes) is 27. The standard InChI is InChI=1S/C63H108O6/c1-4-7-10-13-16-19-22-25-28-30-31-33-35-38-41-44-47-50-53-56-62(65)68-59-60(58-67-61(64)55-52-49-46-43-40-37-34-27-24-21-18-15-12-9-6-3)69-63(66)57-54-51-48-45-42-39-36-32-29-26-23-20-17-14-11-8-5-2/h9,12,16,18-19,21,25,27-28,31,33-34,38,41,60H,4-8,10-11,13-15,17,20,22-24,26,29-30,32,35-37,39-40,42-59H2,1-3H3/b12-9-,19-16-,21-18-,28-25-,33-31-,34-27-,41-38-/t60-/m1/s1. The van der Waals surface area contributed by atoms with Gasteiger partial charge in [-0.15, -0.1) is 0 Å². The maximum atomic E-state index is 12.9. The first-order chi connectivity index (χ1) is 34.0. The van der Waals surface area contributed by atoms with E-state index in [2.05, 4.69) is 106 Å². The molecule has 0 saturated carbocycles. The summed E-state index contributed by atoms with van der Waals surface area (Å²) in [6.45, 7) is 6.48. The summed E-state index contributed by atoms with van der Waals surface area (Å²) in [7, 11) is 0. The van der Waals surface area contributed by atoms with E-state index >= 15 is 0 Å². The van der Waals surface area contributed by atoms with E-state index in [4.69, 9.17) is 14.2 Å². The highest BCUT2D eigenvalue weighted by Gasteiger charge is 2.19. The second-order valence-electron chi connectivity index (χ2n) is 19.2. The van der Waals surface area contributed by atoms with Gasteiger partial charge in [0.1, 0.15) is 13.2 Å². The van der Waals surface area contributed by atoms with Crippen LogP contribution in [0.1, 0.15) is 278 Å². The molecule has 0 aromatic heterocycles. The normalized spacial score (nSPS) is 12.7. The summed E-state index contributed by atoms with van der Waals surface area (Å²) in [6.07, 6.45) is 74.3. The highest BCUT2D eigenvalue weighted by molar-refractivity contribution is 5.71. The van der Waals surface area contributed by atoms with Crippen molar-refractivity contribution in [2.24, 2.45) is 0 Å². The Hall–Kier alpha value is -3.41. The molecule has 0 saturated heterocycles. The van der Waals surface area contributed by atoms with Crippen LogP contribution in [0.5, 0.6) is 0 Å². The minimum atomic E-state index is -0.796. The first kappa shape index (κ1) is 65.6. The predicted octanol–water partition coefficient (Wildman–Crippen LogP) is 19.5. The Morgan fingerprint density at radius 2 is 0.565 bits per heavy atom. The highest BCUT2D eigenvalue weighted by atomic mass is 16.6. The molecule has 0 fully saturated rings. The van der Waals surface area contributed by atoms with Gasteiger partial charge in [-0.1, -0.05) is 247 Å². The fraction of sp³-hybridized carbons (Fsp3) is 0.730. The summed E-state index contributed by atoms with van der Waals surface area (Å²) in [5.74, 6) is -0.932. The number of allylic oxidation sites excluding steroid dienone is 14. The van der Waals surface area contributed by atoms with E-state index in [1.165, 1.54) is 116 Å². The van der Waals surface area contributed by atoms with E-state index in [9.17, 15) is 14.4 Å². The molecule has 0 amide bonds. The van der Waals surface area contributed by atoms with Crippen molar-refractivity contribution in [3.8, 4) is 0 Å². The smallest absolute Gasteiger partial charge is 0.306 e. The van der Waals surface area contributed by atoms with E-state index in [1.54, 1.807) is 0 Å². The van der Waals surface area contributed by atoms with Crippen molar-refractivity contribution in [2.75, 3.05) is 13.2 Å². The topological polar surface area (TPSA) is 78.9 Å². The van der Waals surface area contributed by atoms with Crippen LogP contribution in [0.15, 0.2) is 85.1 Å². The van der Waals surface area contributed by atoms with E-state index in [0.717, 1.165) is 122 Å². The first-order valence-electron chi connectivity index (χ1n) is 29.1. The fourth-order valence-corrected chi connectivity index (χ4v) is 8.03. The van der Waals surface area contributed by atoms with Gasteiger partial charge in [-0.25, -0.2) is 0 Å². The number of rotatable bonds is 52. The Balaban J connectivity index is 4.45. The number of ether oxygens (including phenoxy) is 3. The molecular formula is C63H108O6. The Labute approximate surface area is 426 Å². The Morgan fingerprint density at radius 1 is 0.304 bits per heavy atom. The van der Waals surface area contributed by atoms with Crippen LogP contribution < -0.4 is 0 Å². The number of hydrogen-bond donors (Lipinski definition) is 0. The second-order valence-corrected chi connectivity index (χ2v) is 19.2. The largest absolute Gasteiger partial charge is 0.462 e. The van der Waals surface area contributed by atoms with Crippen LogP contribution in [0, 0.1) is 0 Å². The Kier molecular flexibility index (Phi) is 54.3. The number of hydrogen-bond acceptors (Lipinski definition) is 6. The molecule has 0 aliphatic carbocycles. The molecule has 396 valence electrons. The Bertz CT molecular complexity index is 1330. The first-order valence-corrected chi connectivity index (χ1v) is 29.1. The van der Waals surface area contributed by atoms with Crippen molar-refractivity contribution in [1.82, 2.24) is 0 Å². The molecule has 0 aromatic carbocycles. The summed E-state index contributed by atoms with van der Waals surface area (Å²) in [6, 6.07) is 0. The van der Waals surface area contributed by atoms with Crippen LogP contribution in [-0.2, 0) is 28.6 Å². The summed E-state index contributed by atoms with van der Waals surface area (Å²) >= 11 is 0. The Morgan fingerprint density at radius 3 is 0.928 bits per heavy atom. The summed E-state index contributed by atoms with van der Waals surface area (Å²) < 4.78 is 16.8. The van der Waals surface area contributed by atoms with Crippen LogP contribution in [0.2, 0.25) is 0 Å². The SMILES string of the molecule is CC/C=C\C/C=C\C/C=C\CCCCCCCC(=O)OC[C@H](COC(=O)CCCCC/C=C\C/C=C\C/C=C\C/C=C\CCCCC)OC(=O)CCCCCCCCCCCCCCCCCCC. The number of carbonyl (C=O) groups is 3. The quantitative estimate of drug-likeness (QED) is 0.0262. The van der Waals surface area contributed by atoms with E-state index in [1.807, 2.05) is 0 Å². The number of carbonyl (C=O) groups excluding carboxylic acids is 3. The third-order valence-corrected chi connectivity index (χ3v) is 12.4. The predicted molar refractivity (Wildman–Crippen MR) is 297 cm³/mol. The van der Waals surface area contributed by atoms with Crippen LogP contribution in [-0.4, -0.2) is 37.2 Å². The average molecular weight is 962 g/mol. The summed E-state index contributed by atoms with van der Waals surface area (Å²) in [5, 5.41) is 0. The maximum Gasteiger partial charge on any atom is 0.306 e. The molecule has 0 radical (unpaired) electrons. The molecule has 69 heavy (non-hydrogen) atoms. The zero-order valence-electron chi connectivity index (χ0n) is 45.3. The third kappa shape index (κ3) is 55.4. The van der Waals surface area contributed by atoms with Crippen LogP contribution >= 0.6 is 0 Å². The molecule has 0 aromatic rings. The van der Waals surface area contributed by atoms with E-state index < -0.39 is 6.10 Å². The molecule has 0 bridgehead atoms. The minimum absolute atomic E-state index is 0.0943. The molecule has 0 unspecified atom stereocenters. The molecule has 0 rings (SSSR count). The molecule has 0 aliphatic heterocycles. The van der Waals surface area contributed by atoms with Gasteiger partial charge in [0.15, 0.2) is 6.10 Å². The lowest BCUT2D eigenvalue weighted by Crippen LogP contribution is -2.30. The molecule has 0 spiro atoms. The van der Waals surface area contributed by atoms with E-state index in [-0.39, 0.29) is 31.1 Å². The fourth-order valence-electron chi connectivity index (χ4n) is 8.03. The van der Waals surface area contributed by atoms with Crippen LogP contribution in [0.3, 0.4) is 0 Å². The van der Waals surface area contributed by atoms with Gasteiger partial charge in [0.25, 0.3) is 0 Å². The summed E-state index contributed by atoms with van der Waals surface area (Å²) in [5.41, 5.74) is 0. The molecule has 0 aliphatic rings. The van der Waals surface area contributed by atoms with Crippen LogP contribution in [0.25, 0.3) is 0 Å². The number of esters is 3. The van der Waals surface area contributed by atoms with Crippen molar-refractivity contribution in [3.05, 3.63) is 85.1 Å². The zero-order valence-corrected chi connectivity index (χ0v) is 45.3.